The average Bonchev–Trinajstić information content (AvgIpc) is 2.94. The zero-order valence-electron chi connectivity index (χ0n) is 17.1. The van der Waals surface area contributed by atoms with Crippen LogP contribution in [-0.2, 0) is 4.79 Å². The van der Waals surface area contributed by atoms with Crippen LogP contribution in [0.2, 0.25) is 0 Å². The number of carbonyl (C=O) groups excluding carboxylic acids is 1. The second kappa shape index (κ2) is 11.3. The molecular formula is C21H35Cl2N5O. The Morgan fingerprint density at radius 3 is 2.28 bits per heavy atom. The summed E-state index contributed by atoms with van der Waals surface area (Å²) in [5, 5.41) is 3.33. The molecule has 0 unspecified atom stereocenters. The maximum absolute atomic E-state index is 12.7. The van der Waals surface area contributed by atoms with Gasteiger partial charge >= 0.3 is 0 Å². The average molecular weight is 444 g/mol. The number of nitrogens with one attached hydrogen (secondary N) is 1. The monoisotopic (exact) mass is 443 g/mol. The number of carbonyl (C=O) groups is 1. The van der Waals surface area contributed by atoms with Gasteiger partial charge in [0.25, 0.3) is 0 Å². The highest BCUT2D eigenvalue weighted by atomic mass is 35.5. The van der Waals surface area contributed by atoms with Crippen molar-refractivity contribution < 1.29 is 4.79 Å². The predicted molar refractivity (Wildman–Crippen MR) is 121 cm³/mol. The van der Waals surface area contributed by atoms with Crippen LogP contribution < -0.4 is 16.0 Å². The van der Waals surface area contributed by atoms with E-state index in [1.54, 1.807) is 6.33 Å². The maximum Gasteiger partial charge on any atom is 0.223 e. The van der Waals surface area contributed by atoms with E-state index in [0.29, 0.717) is 18.0 Å². The third-order valence-corrected chi connectivity index (χ3v) is 6.66. The third-order valence-electron chi connectivity index (χ3n) is 6.66. The van der Waals surface area contributed by atoms with Crippen LogP contribution in [0.1, 0.15) is 75.8 Å². The van der Waals surface area contributed by atoms with Crippen molar-refractivity contribution >= 4 is 36.5 Å². The normalized spacial score (nSPS) is 25.8. The molecule has 3 fully saturated rings. The summed E-state index contributed by atoms with van der Waals surface area (Å²) in [6, 6.07) is 2.86. The summed E-state index contributed by atoms with van der Waals surface area (Å²) in [5.41, 5.74) is 7.03. The van der Waals surface area contributed by atoms with E-state index >= 15 is 0 Å². The molecule has 3 aliphatic rings. The fourth-order valence-electron chi connectivity index (χ4n) is 4.77. The Labute approximate surface area is 186 Å². The number of hydrogen-bond donors (Lipinski definition) is 2. The molecular weight excluding hydrogens is 409 g/mol. The minimum atomic E-state index is 0. The topological polar surface area (TPSA) is 84.1 Å². The number of amides is 1. The second-order valence-electron chi connectivity index (χ2n) is 8.69. The summed E-state index contributed by atoms with van der Waals surface area (Å²) in [7, 11) is 0. The van der Waals surface area contributed by atoms with Gasteiger partial charge in [0.1, 0.15) is 12.1 Å². The lowest BCUT2D eigenvalue weighted by atomic mass is 9.78. The van der Waals surface area contributed by atoms with Crippen LogP contribution in [0.4, 0.5) is 5.82 Å². The van der Waals surface area contributed by atoms with Crippen molar-refractivity contribution in [3.63, 3.8) is 0 Å². The van der Waals surface area contributed by atoms with Gasteiger partial charge in [-0.2, -0.15) is 0 Å². The molecule has 2 aliphatic carbocycles. The van der Waals surface area contributed by atoms with Crippen molar-refractivity contribution in [2.24, 2.45) is 11.7 Å². The Morgan fingerprint density at radius 1 is 1.00 bits per heavy atom. The molecule has 0 atom stereocenters. The van der Waals surface area contributed by atoms with Crippen LogP contribution in [0.3, 0.4) is 0 Å². The summed E-state index contributed by atoms with van der Waals surface area (Å²) >= 11 is 0. The van der Waals surface area contributed by atoms with Crippen LogP contribution in [0.25, 0.3) is 0 Å². The predicted octanol–water partition coefficient (Wildman–Crippen LogP) is 3.58. The Hall–Kier alpha value is -1.11. The van der Waals surface area contributed by atoms with E-state index in [1.165, 1.54) is 25.7 Å². The molecule has 0 aromatic carbocycles. The highest BCUT2D eigenvalue weighted by Gasteiger charge is 2.30. The molecule has 1 saturated heterocycles. The number of piperidine rings is 1. The van der Waals surface area contributed by atoms with Crippen LogP contribution in [0, 0.1) is 5.92 Å². The summed E-state index contributed by atoms with van der Waals surface area (Å²) in [6.07, 6.45) is 13.0. The molecule has 1 aromatic rings. The number of aromatic nitrogens is 2. The van der Waals surface area contributed by atoms with E-state index < -0.39 is 0 Å². The van der Waals surface area contributed by atoms with Crippen molar-refractivity contribution in [3.8, 4) is 0 Å². The van der Waals surface area contributed by atoms with Crippen molar-refractivity contribution in [1.82, 2.24) is 15.3 Å². The van der Waals surface area contributed by atoms with Gasteiger partial charge in [-0.15, -0.1) is 24.8 Å². The molecule has 0 spiro atoms. The summed E-state index contributed by atoms with van der Waals surface area (Å²) < 4.78 is 0. The SMILES string of the molecule is Cl.Cl.NC1CC(c2cc(N3CCC(C(=O)NC4CCCCCC4)CC3)ncn2)C1. The van der Waals surface area contributed by atoms with Gasteiger partial charge in [0, 0.05) is 48.8 Å². The van der Waals surface area contributed by atoms with E-state index in [2.05, 4.69) is 26.3 Å². The quantitative estimate of drug-likeness (QED) is 0.694. The Bertz CT molecular complexity index is 640. The zero-order chi connectivity index (χ0) is 18.6. The third kappa shape index (κ3) is 6.19. The molecule has 164 valence electrons. The number of rotatable bonds is 4. The number of nitrogens with two attached hydrogens (primary N) is 1. The number of anilines is 1. The van der Waals surface area contributed by atoms with Gasteiger partial charge in [-0.1, -0.05) is 25.7 Å². The van der Waals surface area contributed by atoms with Gasteiger partial charge < -0.3 is 16.0 Å². The molecule has 0 radical (unpaired) electrons. The molecule has 8 heteroatoms. The second-order valence-corrected chi connectivity index (χ2v) is 8.69. The highest BCUT2D eigenvalue weighted by molar-refractivity contribution is 5.85. The Kier molecular flexibility index (Phi) is 9.44. The first kappa shape index (κ1) is 24.2. The summed E-state index contributed by atoms with van der Waals surface area (Å²) in [6.45, 7) is 1.78. The van der Waals surface area contributed by atoms with Gasteiger partial charge in [0.15, 0.2) is 0 Å². The van der Waals surface area contributed by atoms with Gasteiger partial charge in [-0.05, 0) is 38.5 Å². The Morgan fingerprint density at radius 2 is 1.66 bits per heavy atom. The smallest absolute Gasteiger partial charge is 0.223 e. The van der Waals surface area contributed by atoms with Gasteiger partial charge in [-0.3, -0.25) is 4.79 Å². The van der Waals surface area contributed by atoms with Crippen LogP contribution in [0.15, 0.2) is 12.4 Å². The van der Waals surface area contributed by atoms with Gasteiger partial charge in [0.05, 0.1) is 0 Å². The van der Waals surface area contributed by atoms with Crippen molar-refractivity contribution in [1.29, 1.82) is 0 Å². The number of halogens is 2. The molecule has 2 saturated carbocycles. The molecule has 0 bridgehead atoms. The molecule has 29 heavy (non-hydrogen) atoms. The number of hydrogen-bond acceptors (Lipinski definition) is 5. The highest BCUT2D eigenvalue weighted by Crippen LogP contribution is 2.35. The van der Waals surface area contributed by atoms with Crippen molar-refractivity contribution in [2.45, 2.75) is 82.2 Å². The van der Waals surface area contributed by atoms with E-state index in [0.717, 1.165) is 63.1 Å². The summed E-state index contributed by atoms with van der Waals surface area (Å²) in [4.78, 5) is 23.9. The summed E-state index contributed by atoms with van der Waals surface area (Å²) in [5.74, 6) is 1.91. The molecule has 6 nitrogen and oxygen atoms in total. The van der Waals surface area contributed by atoms with E-state index in [9.17, 15) is 4.79 Å². The lowest BCUT2D eigenvalue weighted by molar-refractivity contribution is -0.126. The minimum Gasteiger partial charge on any atom is -0.356 e. The molecule has 1 aromatic heterocycles. The first-order valence-corrected chi connectivity index (χ1v) is 10.8. The van der Waals surface area contributed by atoms with E-state index in [1.807, 2.05) is 0 Å². The fourth-order valence-corrected chi connectivity index (χ4v) is 4.77. The lowest BCUT2D eigenvalue weighted by Crippen LogP contribution is -2.44. The zero-order valence-corrected chi connectivity index (χ0v) is 18.7. The largest absolute Gasteiger partial charge is 0.356 e. The van der Waals surface area contributed by atoms with Crippen LogP contribution >= 0.6 is 24.8 Å². The van der Waals surface area contributed by atoms with Crippen molar-refractivity contribution in [2.75, 3.05) is 18.0 Å². The fraction of sp³-hybridized carbons (Fsp3) is 0.762. The van der Waals surface area contributed by atoms with Crippen molar-refractivity contribution in [3.05, 3.63) is 18.1 Å². The molecule has 1 amide bonds. The van der Waals surface area contributed by atoms with Crippen LogP contribution in [0.5, 0.6) is 0 Å². The maximum atomic E-state index is 12.7. The van der Waals surface area contributed by atoms with E-state index in [-0.39, 0.29) is 36.6 Å². The number of nitrogens with zero attached hydrogens (tertiary/aromatic N) is 3. The standard InChI is InChI=1S/C21H33N5O.2ClH/c22-17-11-16(12-17)19-13-20(24-14-23-19)26-9-7-15(8-10-26)21(27)25-18-5-3-1-2-4-6-18;;/h13-18H,1-12,22H2,(H,25,27);2*1H. The first-order valence-electron chi connectivity index (χ1n) is 10.8. The van der Waals surface area contributed by atoms with Gasteiger partial charge in [0.2, 0.25) is 5.91 Å². The lowest BCUT2D eigenvalue weighted by Gasteiger charge is -2.34. The Balaban J connectivity index is 0.00000150. The minimum absolute atomic E-state index is 0. The first-order chi connectivity index (χ1) is 13.2. The van der Waals surface area contributed by atoms with E-state index in [4.69, 9.17) is 5.73 Å². The molecule has 3 N–H and O–H groups in total. The van der Waals surface area contributed by atoms with Gasteiger partial charge in [-0.25, -0.2) is 9.97 Å². The van der Waals surface area contributed by atoms with Crippen LogP contribution in [-0.4, -0.2) is 41.0 Å². The molecule has 4 rings (SSSR count). The molecule has 2 heterocycles. The molecule has 1 aliphatic heterocycles.